The van der Waals surface area contributed by atoms with Crippen molar-refractivity contribution in [1.29, 1.82) is 0 Å². The van der Waals surface area contributed by atoms with E-state index in [9.17, 15) is 18.0 Å². The van der Waals surface area contributed by atoms with Crippen LogP contribution >= 0.6 is 46.4 Å². The predicted octanol–water partition coefficient (Wildman–Crippen LogP) is 8.28. The van der Waals surface area contributed by atoms with Crippen molar-refractivity contribution in [3.05, 3.63) is 97.2 Å². The number of fused-ring (bicyclic) bond motifs is 2. The van der Waals surface area contributed by atoms with E-state index < -0.39 is 23.2 Å². The molecule has 41 heavy (non-hydrogen) atoms. The fraction of sp³-hybridized carbons (Fsp3) is 0.310. The molecule has 216 valence electrons. The van der Waals surface area contributed by atoms with E-state index >= 15 is 0 Å². The van der Waals surface area contributed by atoms with E-state index in [1.807, 2.05) is 0 Å². The van der Waals surface area contributed by atoms with Gasteiger partial charge in [0.15, 0.2) is 0 Å². The van der Waals surface area contributed by atoms with Gasteiger partial charge in [0.05, 0.1) is 26.0 Å². The van der Waals surface area contributed by atoms with Gasteiger partial charge in [-0.3, -0.25) is 0 Å². The van der Waals surface area contributed by atoms with Crippen LogP contribution in [0.2, 0.25) is 20.2 Å². The van der Waals surface area contributed by atoms with Gasteiger partial charge in [-0.2, -0.15) is 13.2 Å². The number of nitrogens with zero attached hydrogens (tertiary/aromatic N) is 2. The summed E-state index contributed by atoms with van der Waals surface area (Å²) in [4.78, 5) is 18.2. The second-order valence-corrected chi connectivity index (χ2v) is 12.0. The van der Waals surface area contributed by atoms with Crippen LogP contribution in [0.25, 0.3) is 6.08 Å². The first-order valence-corrected chi connectivity index (χ1v) is 14.4. The Morgan fingerprint density at radius 3 is 2.46 bits per heavy atom. The molecule has 1 atom stereocenters. The van der Waals surface area contributed by atoms with Gasteiger partial charge >= 0.3 is 12.2 Å². The van der Waals surface area contributed by atoms with E-state index in [1.165, 1.54) is 12.3 Å². The van der Waals surface area contributed by atoms with Crippen LogP contribution in [0.5, 0.6) is 0 Å². The number of carbonyl (C=O) groups excluding carboxylic acids is 1. The van der Waals surface area contributed by atoms with Gasteiger partial charge in [-0.05, 0) is 73.5 Å². The zero-order chi connectivity index (χ0) is 29.4. The number of hydrogen-bond donors (Lipinski definition) is 2. The van der Waals surface area contributed by atoms with E-state index in [-0.39, 0.29) is 34.3 Å². The summed E-state index contributed by atoms with van der Waals surface area (Å²) in [7, 11) is 0. The number of urea groups is 1. The third-order valence-electron chi connectivity index (χ3n) is 7.85. The molecule has 1 aromatic heterocycles. The highest BCUT2D eigenvalue weighted by atomic mass is 35.5. The van der Waals surface area contributed by atoms with Crippen molar-refractivity contribution < 1.29 is 18.0 Å². The van der Waals surface area contributed by atoms with Crippen molar-refractivity contribution in [2.75, 3.05) is 26.2 Å². The Labute approximate surface area is 255 Å². The molecule has 3 aromatic rings. The third-order valence-corrected chi connectivity index (χ3v) is 9.11. The molecule has 1 saturated heterocycles. The van der Waals surface area contributed by atoms with Gasteiger partial charge in [0.25, 0.3) is 0 Å². The van der Waals surface area contributed by atoms with Gasteiger partial charge in [-0.1, -0.05) is 58.5 Å². The molecule has 2 aliphatic heterocycles. The fourth-order valence-corrected chi connectivity index (χ4v) is 6.64. The Balaban J connectivity index is 1.61. The van der Waals surface area contributed by atoms with Crippen LogP contribution < -0.4 is 15.1 Å². The third kappa shape index (κ3) is 6.10. The van der Waals surface area contributed by atoms with Crippen LogP contribution in [0.3, 0.4) is 0 Å². The predicted molar refractivity (Wildman–Crippen MR) is 159 cm³/mol. The monoisotopic (exact) mass is 643 g/mol. The quantitative estimate of drug-likeness (QED) is 0.217. The molecule has 1 fully saturated rings. The summed E-state index contributed by atoms with van der Waals surface area (Å²) in [6, 6.07) is 10.5. The van der Waals surface area contributed by atoms with Crippen molar-refractivity contribution in [3.8, 4) is 0 Å². The van der Waals surface area contributed by atoms with Crippen molar-refractivity contribution in [3.63, 3.8) is 0 Å². The number of amides is 2. The first-order chi connectivity index (χ1) is 19.4. The van der Waals surface area contributed by atoms with Crippen molar-refractivity contribution >= 4 is 64.2 Å². The number of alkyl halides is 3. The van der Waals surface area contributed by atoms with Crippen molar-refractivity contribution in [2.24, 2.45) is 0 Å². The average Bonchev–Trinajstić information content (AvgIpc) is 3.17. The lowest BCUT2D eigenvalue weighted by Crippen LogP contribution is -2.60. The van der Waals surface area contributed by atoms with Crippen molar-refractivity contribution in [1.82, 2.24) is 20.1 Å². The zero-order valence-corrected chi connectivity index (χ0v) is 24.7. The number of quaternary nitrogens is 1. The molecule has 12 heteroatoms. The van der Waals surface area contributed by atoms with Crippen LogP contribution in [-0.4, -0.2) is 37.2 Å². The molecule has 0 bridgehead atoms. The molecule has 2 N–H and O–H groups in total. The molecule has 1 spiro atoms. The lowest BCUT2D eigenvalue weighted by atomic mass is 9.74. The van der Waals surface area contributed by atoms with Gasteiger partial charge in [0, 0.05) is 24.4 Å². The second-order valence-electron chi connectivity index (χ2n) is 10.4. The Kier molecular flexibility index (Phi) is 8.63. The average molecular weight is 645 g/mol. The molecule has 0 radical (unpaired) electrons. The van der Waals surface area contributed by atoms with Gasteiger partial charge < -0.3 is 10.6 Å². The largest absolute Gasteiger partial charge is 0.422 e. The SMILES string of the molecule is O=C(NCc1ccnc(Cl)c1)[N+]1(C/C=C/c2ccc(Cl)c(Cl)c2)CC2(CCNCC2)c2cc(Cl)c(C(F)(F)F)cc21. The van der Waals surface area contributed by atoms with Crippen LogP contribution in [0, 0.1) is 0 Å². The number of hydrogen-bond acceptors (Lipinski definition) is 3. The number of aromatic nitrogens is 1. The Bertz CT molecular complexity index is 1510. The minimum absolute atomic E-state index is 0.101. The number of halogens is 7. The van der Waals surface area contributed by atoms with Crippen LogP contribution in [0.1, 0.15) is 35.1 Å². The Hall–Kier alpha value is -2.33. The highest BCUT2D eigenvalue weighted by Crippen LogP contribution is 2.53. The van der Waals surface area contributed by atoms with Gasteiger partial charge in [0.1, 0.15) is 23.9 Å². The number of carbonyl (C=O) groups is 1. The number of nitrogens with one attached hydrogen (secondary N) is 2. The summed E-state index contributed by atoms with van der Waals surface area (Å²) in [5, 5.41) is 6.96. The minimum Gasteiger partial charge on any atom is -0.317 e. The maximum absolute atomic E-state index is 14.2. The molecule has 2 aromatic carbocycles. The summed E-state index contributed by atoms with van der Waals surface area (Å²) in [6.45, 7) is 1.87. The van der Waals surface area contributed by atoms with Crippen molar-refractivity contribution in [2.45, 2.75) is 31.0 Å². The number of piperidine rings is 1. The van der Waals surface area contributed by atoms with Gasteiger partial charge in [-0.25, -0.2) is 14.3 Å². The molecular formula is C29H26Cl4F3N4O+. The first-order valence-electron chi connectivity index (χ1n) is 12.9. The second kappa shape index (κ2) is 11.7. The summed E-state index contributed by atoms with van der Waals surface area (Å²) in [6.07, 6.45) is 1.73. The fourth-order valence-electron chi connectivity index (χ4n) is 5.87. The van der Waals surface area contributed by atoms with Gasteiger partial charge in [0.2, 0.25) is 0 Å². The van der Waals surface area contributed by atoms with Crippen LogP contribution in [-0.2, 0) is 18.1 Å². The summed E-state index contributed by atoms with van der Waals surface area (Å²) < 4.78 is 41.9. The summed E-state index contributed by atoms with van der Waals surface area (Å²) in [5.74, 6) is 0. The van der Waals surface area contributed by atoms with Gasteiger partial charge in [-0.15, -0.1) is 0 Å². The highest BCUT2D eigenvalue weighted by molar-refractivity contribution is 6.42. The molecule has 1 unspecified atom stereocenters. The molecule has 0 saturated carbocycles. The Morgan fingerprint density at radius 1 is 1.02 bits per heavy atom. The highest BCUT2D eigenvalue weighted by Gasteiger charge is 2.58. The summed E-state index contributed by atoms with van der Waals surface area (Å²) in [5.41, 5.74) is 0.949. The van der Waals surface area contributed by atoms with E-state index in [0.717, 1.165) is 11.6 Å². The maximum Gasteiger partial charge on any atom is 0.422 e. The topological polar surface area (TPSA) is 54.0 Å². The zero-order valence-electron chi connectivity index (χ0n) is 21.7. The lowest BCUT2D eigenvalue weighted by Gasteiger charge is -2.36. The smallest absolute Gasteiger partial charge is 0.317 e. The molecule has 5 nitrogen and oxygen atoms in total. The van der Waals surface area contributed by atoms with E-state index in [4.69, 9.17) is 46.4 Å². The molecule has 5 rings (SSSR count). The van der Waals surface area contributed by atoms with E-state index in [2.05, 4.69) is 15.6 Å². The summed E-state index contributed by atoms with van der Waals surface area (Å²) >= 11 is 24.5. The van der Waals surface area contributed by atoms with Crippen LogP contribution in [0.4, 0.5) is 23.7 Å². The number of pyridine rings is 1. The molecule has 3 heterocycles. The first kappa shape index (κ1) is 30.1. The Morgan fingerprint density at radius 2 is 1.78 bits per heavy atom. The maximum atomic E-state index is 14.2. The normalized spacial score (nSPS) is 20.0. The molecule has 2 amide bonds. The number of benzene rings is 2. The minimum atomic E-state index is -4.69. The molecule has 2 aliphatic rings. The molecular weight excluding hydrogens is 619 g/mol. The van der Waals surface area contributed by atoms with E-state index in [1.54, 1.807) is 42.5 Å². The molecule has 0 aliphatic carbocycles. The van der Waals surface area contributed by atoms with Crippen LogP contribution in [0.15, 0.2) is 54.7 Å². The number of rotatable bonds is 5. The standard InChI is InChI=1S/C29H25Cl4F3N4O/c30-22-4-3-18(12-24(22)32)2-1-11-40(27(41)39-16-19-5-8-38-26(33)13-19)17-28(6-9-37-10-7-28)21-14-23(31)20(15-25(21)40)29(34,35)36/h1-5,8,12-15,37H,6-7,9-11,16-17H2/p+1/b2-1+. The van der Waals surface area contributed by atoms with E-state index in [0.29, 0.717) is 52.8 Å². The lowest BCUT2D eigenvalue weighted by molar-refractivity contribution is -0.137.